The highest BCUT2D eigenvalue weighted by Gasteiger charge is 2.20. The van der Waals surface area contributed by atoms with Gasteiger partial charge >= 0.3 is 0 Å². The van der Waals surface area contributed by atoms with Gasteiger partial charge in [-0.25, -0.2) is 4.39 Å². The zero-order chi connectivity index (χ0) is 12.3. The zero-order valence-electron chi connectivity index (χ0n) is 8.90. The van der Waals surface area contributed by atoms with Crippen LogP contribution in [-0.2, 0) is 11.2 Å². The minimum absolute atomic E-state index is 0.340. The second kappa shape index (κ2) is 5.15. The van der Waals surface area contributed by atoms with E-state index >= 15 is 0 Å². The van der Waals surface area contributed by atoms with E-state index in [4.69, 9.17) is 16.0 Å². The lowest BCUT2D eigenvalue weighted by Gasteiger charge is -2.11. The van der Waals surface area contributed by atoms with Gasteiger partial charge in [-0.05, 0) is 41.4 Å². The van der Waals surface area contributed by atoms with Crippen molar-refractivity contribution in [3.8, 4) is 0 Å². The molecule has 17 heavy (non-hydrogen) atoms. The summed E-state index contributed by atoms with van der Waals surface area (Å²) < 4.78 is 18.0. The first-order valence-corrected chi connectivity index (χ1v) is 5.52. The van der Waals surface area contributed by atoms with Crippen LogP contribution in [0, 0.1) is 5.82 Å². The van der Waals surface area contributed by atoms with Crippen LogP contribution in [0.3, 0.4) is 0 Å². The Labute approximate surface area is 103 Å². The number of rotatable bonds is 4. The normalized spacial score (nSPS) is 12.4. The van der Waals surface area contributed by atoms with Crippen LogP contribution in [-0.4, -0.2) is 5.24 Å². The molecule has 0 aliphatic rings. The van der Waals surface area contributed by atoms with Crippen molar-refractivity contribution in [1.82, 2.24) is 0 Å². The van der Waals surface area contributed by atoms with Crippen LogP contribution in [0.2, 0.25) is 0 Å². The van der Waals surface area contributed by atoms with Gasteiger partial charge in [0, 0.05) is 6.42 Å². The van der Waals surface area contributed by atoms with Crippen LogP contribution in [0.1, 0.15) is 17.2 Å². The summed E-state index contributed by atoms with van der Waals surface area (Å²) in [6.07, 6.45) is 1.91. The molecule has 2 rings (SSSR count). The topological polar surface area (TPSA) is 30.2 Å². The van der Waals surface area contributed by atoms with Gasteiger partial charge < -0.3 is 4.42 Å². The summed E-state index contributed by atoms with van der Waals surface area (Å²) in [6.45, 7) is 0. The van der Waals surface area contributed by atoms with E-state index in [1.54, 1.807) is 24.3 Å². The summed E-state index contributed by atoms with van der Waals surface area (Å²) in [4.78, 5) is 11.4. The average Bonchev–Trinajstić information content (AvgIpc) is 2.80. The number of benzene rings is 1. The Morgan fingerprint density at radius 3 is 2.53 bits per heavy atom. The standard InChI is InChI=1S/C13H10ClFO2/c14-13(16)12(8-11-2-1-7-17-11)9-3-5-10(15)6-4-9/h1-7,12H,8H2. The number of hydrogen-bond donors (Lipinski definition) is 0. The fourth-order valence-corrected chi connectivity index (χ4v) is 1.86. The molecule has 0 aliphatic carbocycles. The molecule has 1 aromatic carbocycles. The van der Waals surface area contributed by atoms with Crippen LogP contribution in [0.25, 0.3) is 0 Å². The molecule has 1 heterocycles. The van der Waals surface area contributed by atoms with Gasteiger partial charge in [0.1, 0.15) is 11.6 Å². The maximum atomic E-state index is 12.8. The summed E-state index contributed by atoms with van der Waals surface area (Å²) in [5.74, 6) is -0.177. The molecule has 0 saturated heterocycles. The smallest absolute Gasteiger partial charge is 0.229 e. The van der Waals surface area contributed by atoms with Gasteiger partial charge in [0.15, 0.2) is 0 Å². The number of carbonyl (C=O) groups is 1. The van der Waals surface area contributed by atoms with E-state index in [1.165, 1.54) is 18.4 Å². The fraction of sp³-hybridized carbons (Fsp3) is 0.154. The third-order valence-corrected chi connectivity index (χ3v) is 2.80. The second-order valence-corrected chi connectivity index (χ2v) is 4.06. The summed E-state index contributed by atoms with van der Waals surface area (Å²) >= 11 is 5.56. The summed E-state index contributed by atoms with van der Waals surface area (Å²) in [7, 11) is 0. The predicted octanol–water partition coefficient (Wildman–Crippen LogP) is 3.51. The molecule has 0 N–H and O–H groups in total. The van der Waals surface area contributed by atoms with Crippen LogP contribution in [0.4, 0.5) is 4.39 Å². The molecule has 1 unspecified atom stereocenters. The van der Waals surface area contributed by atoms with Crippen molar-refractivity contribution in [2.24, 2.45) is 0 Å². The largest absolute Gasteiger partial charge is 0.469 e. The van der Waals surface area contributed by atoms with Crippen molar-refractivity contribution in [3.63, 3.8) is 0 Å². The number of furan rings is 1. The van der Waals surface area contributed by atoms with Crippen LogP contribution in [0.15, 0.2) is 47.1 Å². The molecule has 0 radical (unpaired) electrons. The molecule has 0 bridgehead atoms. The Bertz CT molecular complexity index is 491. The molecule has 0 saturated carbocycles. The van der Waals surface area contributed by atoms with Crippen molar-refractivity contribution in [2.75, 3.05) is 0 Å². The molecule has 88 valence electrons. The van der Waals surface area contributed by atoms with Crippen molar-refractivity contribution in [1.29, 1.82) is 0 Å². The zero-order valence-corrected chi connectivity index (χ0v) is 9.65. The van der Waals surface area contributed by atoms with E-state index < -0.39 is 11.2 Å². The van der Waals surface area contributed by atoms with E-state index in [9.17, 15) is 9.18 Å². The first kappa shape index (κ1) is 11.9. The first-order valence-electron chi connectivity index (χ1n) is 5.14. The molecule has 0 spiro atoms. The van der Waals surface area contributed by atoms with Gasteiger partial charge in [-0.2, -0.15) is 0 Å². The third-order valence-electron chi connectivity index (χ3n) is 2.53. The Morgan fingerprint density at radius 2 is 2.00 bits per heavy atom. The molecule has 0 amide bonds. The minimum atomic E-state index is -0.511. The minimum Gasteiger partial charge on any atom is -0.469 e. The summed E-state index contributed by atoms with van der Waals surface area (Å²) in [5, 5.41) is -0.479. The number of carbonyl (C=O) groups excluding carboxylic acids is 1. The van der Waals surface area contributed by atoms with E-state index in [0.29, 0.717) is 17.7 Å². The second-order valence-electron chi connectivity index (χ2n) is 3.69. The van der Waals surface area contributed by atoms with Crippen molar-refractivity contribution in [3.05, 3.63) is 59.8 Å². The fourth-order valence-electron chi connectivity index (χ4n) is 1.65. The molecular weight excluding hydrogens is 243 g/mol. The maximum absolute atomic E-state index is 12.8. The lowest BCUT2D eigenvalue weighted by molar-refractivity contribution is -0.113. The van der Waals surface area contributed by atoms with E-state index in [0.717, 1.165) is 0 Å². The molecular formula is C13H10ClFO2. The Kier molecular flexibility index (Phi) is 3.59. The van der Waals surface area contributed by atoms with Gasteiger partial charge in [0.05, 0.1) is 12.2 Å². The maximum Gasteiger partial charge on any atom is 0.229 e. The van der Waals surface area contributed by atoms with Crippen molar-refractivity contribution < 1.29 is 13.6 Å². The molecule has 2 aromatic rings. The van der Waals surface area contributed by atoms with Gasteiger partial charge in [0.25, 0.3) is 0 Å². The Hall–Kier alpha value is -1.61. The highest BCUT2D eigenvalue weighted by molar-refractivity contribution is 6.64. The monoisotopic (exact) mass is 252 g/mol. The quantitative estimate of drug-likeness (QED) is 0.780. The predicted molar refractivity (Wildman–Crippen MR) is 62.4 cm³/mol. The third kappa shape index (κ3) is 2.94. The highest BCUT2D eigenvalue weighted by Crippen LogP contribution is 2.24. The lowest BCUT2D eigenvalue weighted by Crippen LogP contribution is -2.09. The van der Waals surface area contributed by atoms with Gasteiger partial charge in [0.2, 0.25) is 5.24 Å². The van der Waals surface area contributed by atoms with Crippen LogP contribution >= 0.6 is 11.6 Å². The Morgan fingerprint density at radius 1 is 1.29 bits per heavy atom. The van der Waals surface area contributed by atoms with E-state index in [1.807, 2.05) is 0 Å². The van der Waals surface area contributed by atoms with Gasteiger partial charge in [-0.1, -0.05) is 12.1 Å². The van der Waals surface area contributed by atoms with Gasteiger partial charge in [-0.3, -0.25) is 4.79 Å². The number of halogens is 2. The summed E-state index contributed by atoms with van der Waals surface area (Å²) in [6, 6.07) is 9.26. The molecule has 2 nitrogen and oxygen atoms in total. The average molecular weight is 253 g/mol. The number of hydrogen-bond acceptors (Lipinski definition) is 2. The van der Waals surface area contributed by atoms with Crippen LogP contribution in [0.5, 0.6) is 0 Å². The van der Waals surface area contributed by atoms with Gasteiger partial charge in [-0.15, -0.1) is 0 Å². The van der Waals surface area contributed by atoms with E-state index in [2.05, 4.69) is 0 Å². The molecule has 1 atom stereocenters. The highest BCUT2D eigenvalue weighted by atomic mass is 35.5. The molecule has 0 aliphatic heterocycles. The SMILES string of the molecule is O=C(Cl)C(Cc1ccco1)c1ccc(F)cc1. The molecule has 1 aromatic heterocycles. The van der Waals surface area contributed by atoms with Crippen LogP contribution < -0.4 is 0 Å². The van der Waals surface area contributed by atoms with Crippen molar-refractivity contribution in [2.45, 2.75) is 12.3 Å². The molecule has 4 heteroatoms. The van der Waals surface area contributed by atoms with Crippen molar-refractivity contribution >= 4 is 16.8 Å². The lowest BCUT2D eigenvalue weighted by atomic mass is 9.96. The first-order chi connectivity index (χ1) is 8.16. The Balaban J connectivity index is 2.23. The molecule has 0 fully saturated rings. The summed E-state index contributed by atoms with van der Waals surface area (Å²) in [5.41, 5.74) is 0.683. The van der Waals surface area contributed by atoms with E-state index in [-0.39, 0.29) is 5.82 Å².